The summed E-state index contributed by atoms with van der Waals surface area (Å²) in [7, 11) is -1.10. The van der Waals surface area contributed by atoms with Gasteiger partial charge in [-0.2, -0.15) is 5.10 Å². The van der Waals surface area contributed by atoms with Gasteiger partial charge in [-0.3, -0.25) is 0 Å². The predicted molar refractivity (Wildman–Crippen MR) is 123 cm³/mol. The molecule has 0 saturated heterocycles. The average molecular weight is 493 g/mol. The Morgan fingerprint density at radius 3 is 2.52 bits per heavy atom. The highest BCUT2D eigenvalue weighted by molar-refractivity contribution is 7.91. The lowest BCUT2D eigenvalue weighted by Crippen LogP contribution is -2.33. The number of carbonyl (C=O) groups excluding carboxylic acids is 1. The molecule has 0 bridgehead atoms. The first-order valence-corrected chi connectivity index (χ1v) is 11.8. The van der Waals surface area contributed by atoms with Crippen LogP contribution in [0, 0.1) is 0 Å². The van der Waals surface area contributed by atoms with E-state index < -0.39 is 21.5 Å². The number of aromatic nitrogens is 3. The van der Waals surface area contributed by atoms with Crippen LogP contribution in [0.4, 0.5) is 4.79 Å². The lowest BCUT2D eigenvalue weighted by atomic mass is 10.2. The maximum atomic E-state index is 13.5. The van der Waals surface area contributed by atoms with E-state index in [2.05, 4.69) is 10.1 Å². The largest absolute Gasteiger partial charge is 0.481 e. The Kier molecular flexibility index (Phi) is 6.99. The van der Waals surface area contributed by atoms with Gasteiger partial charge >= 0.3 is 6.09 Å². The summed E-state index contributed by atoms with van der Waals surface area (Å²) >= 11 is 6.34. The first-order chi connectivity index (χ1) is 15.4. The average Bonchev–Trinajstić information content (AvgIpc) is 3.17. The summed E-state index contributed by atoms with van der Waals surface area (Å²) in [5.41, 5.74) is 0.0461. The van der Waals surface area contributed by atoms with Gasteiger partial charge in [-0.1, -0.05) is 23.7 Å². The van der Waals surface area contributed by atoms with Gasteiger partial charge in [0.25, 0.3) is 0 Å². The number of carbonyl (C=O) groups is 1. The lowest BCUT2D eigenvalue weighted by Gasteiger charge is -2.24. The van der Waals surface area contributed by atoms with Crippen molar-refractivity contribution in [2.45, 2.75) is 42.8 Å². The van der Waals surface area contributed by atoms with E-state index in [4.69, 9.17) is 21.1 Å². The second-order valence-electron chi connectivity index (χ2n) is 8.21. The van der Waals surface area contributed by atoms with Gasteiger partial charge in [0.05, 0.1) is 35.0 Å². The third-order valence-electron chi connectivity index (χ3n) is 4.41. The van der Waals surface area contributed by atoms with Crippen molar-refractivity contribution >= 4 is 27.5 Å². The summed E-state index contributed by atoms with van der Waals surface area (Å²) in [6.07, 6.45) is 0.789. The van der Waals surface area contributed by atoms with Crippen LogP contribution in [-0.4, -0.2) is 53.9 Å². The van der Waals surface area contributed by atoms with E-state index in [-0.39, 0.29) is 22.3 Å². The van der Waals surface area contributed by atoms with Crippen molar-refractivity contribution in [1.29, 1.82) is 0 Å². The summed E-state index contributed by atoms with van der Waals surface area (Å²) in [6, 6.07) is 10.8. The smallest absolute Gasteiger partial charge is 0.410 e. The molecule has 0 unspecified atom stereocenters. The molecule has 33 heavy (non-hydrogen) atoms. The number of methoxy groups -OCH3 is 1. The molecule has 2 heterocycles. The molecule has 176 valence electrons. The maximum absolute atomic E-state index is 13.5. The highest BCUT2D eigenvalue weighted by Gasteiger charge is 2.28. The number of benzene rings is 1. The molecule has 0 aliphatic carbocycles. The van der Waals surface area contributed by atoms with E-state index in [1.165, 1.54) is 41.1 Å². The highest BCUT2D eigenvalue weighted by atomic mass is 35.5. The number of hydrogen-bond donors (Lipinski definition) is 0. The molecule has 0 spiro atoms. The van der Waals surface area contributed by atoms with Crippen molar-refractivity contribution in [2.24, 2.45) is 0 Å². The molecule has 0 N–H and O–H groups in total. The van der Waals surface area contributed by atoms with Crippen molar-refractivity contribution < 1.29 is 22.7 Å². The van der Waals surface area contributed by atoms with Crippen molar-refractivity contribution in [1.82, 2.24) is 19.7 Å². The van der Waals surface area contributed by atoms with Gasteiger partial charge in [-0.15, -0.1) is 0 Å². The second kappa shape index (κ2) is 9.40. The zero-order valence-electron chi connectivity index (χ0n) is 18.9. The molecule has 11 heteroatoms. The minimum absolute atomic E-state index is 0.0189. The van der Waals surface area contributed by atoms with Crippen LogP contribution >= 0.6 is 11.6 Å². The number of amides is 1. The summed E-state index contributed by atoms with van der Waals surface area (Å²) in [4.78, 5) is 17.6. The third kappa shape index (κ3) is 5.63. The molecule has 1 aromatic carbocycles. The molecule has 0 fully saturated rings. The van der Waals surface area contributed by atoms with E-state index in [0.29, 0.717) is 16.4 Å². The predicted octanol–water partition coefficient (Wildman–Crippen LogP) is 4.13. The SMILES string of the molecule is COc1cc(S(=O)(=O)c2cc(CN(C)C(=O)OC(C)(C)C)nn2-c2ccccc2Cl)ccn1. The summed E-state index contributed by atoms with van der Waals surface area (Å²) in [5, 5.41) is 4.65. The first kappa shape index (κ1) is 24.5. The lowest BCUT2D eigenvalue weighted by molar-refractivity contribution is 0.0283. The van der Waals surface area contributed by atoms with Crippen LogP contribution in [-0.2, 0) is 21.1 Å². The molecule has 0 aliphatic rings. The fourth-order valence-corrected chi connectivity index (χ4v) is 4.52. The Labute approximate surface area is 197 Å². The fraction of sp³-hybridized carbons (Fsp3) is 0.318. The van der Waals surface area contributed by atoms with E-state index in [1.54, 1.807) is 52.1 Å². The number of pyridine rings is 1. The zero-order valence-corrected chi connectivity index (χ0v) is 20.5. The second-order valence-corrected chi connectivity index (χ2v) is 10.5. The van der Waals surface area contributed by atoms with Crippen molar-refractivity contribution in [3.05, 3.63) is 59.4 Å². The number of nitrogens with zero attached hydrogens (tertiary/aromatic N) is 4. The third-order valence-corrected chi connectivity index (χ3v) is 6.45. The van der Waals surface area contributed by atoms with Crippen LogP contribution in [0.5, 0.6) is 5.88 Å². The summed E-state index contributed by atoms with van der Waals surface area (Å²) < 4.78 is 38.8. The monoisotopic (exact) mass is 492 g/mol. The molecule has 0 aliphatic heterocycles. The van der Waals surface area contributed by atoms with Gasteiger partial charge in [0.1, 0.15) is 5.60 Å². The van der Waals surface area contributed by atoms with Crippen LogP contribution < -0.4 is 4.74 Å². The summed E-state index contributed by atoms with van der Waals surface area (Å²) in [6.45, 7) is 5.31. The van der Waals surface area contributed by atoms with Gasteiger partial charge in [0.15, 0.2) is 5.03 Å². The normalized spacial score (nSPS) is 11.8. The van der Waals surface area contributed by atoms with Gasteiger partial charge in [-0.05, 0) is 39.0 Å². The van der Waals surface area contributed by atoms with Crippen LogP contribution in [0.2, 0.25) is 5.02 Å². The van der Waals surface area contributed by atoms with E-state index in [1.807, 2.05) is 0 Å². The number of rotatable bonds is 6. The van der Waals surface area contributed by atoms with Crippen molar-refractivity contribution in [3.8, 4) is 11.6 Å². The fourth-order valence-electron chi connectivity index (χ4n) is 2.91. The summed E-state index contributed by atoms with van der Waals surface area (Å²) in [5.74, 6) is 0.157. The minimum Gasteiger partial charge on any atom is -0.481 e. The van der Waals surface area contributed by atoms with Gasteiger partial charge in [0, 0.05) is 25.4 Å². The molecule has 3 rings (SSSR count). The molecule has 2 aromatic heterocycles. The topological polar surface area (TPSA) is 104 Å². The van der Waals surface area contributed by atoms with Crippen molar-refractivity contribution in [2.75, 3.05) is 14.2 Å². The standard InChI is InChI=1S/C22H25ClN4O5S/c1-22(2,3)32-21(28)26(4)14-15-12-20(27(25-15)18-9-7-6-8-17(18)23)33(29,30)16-10-11-24-19(13-16)31-5/h6-13H,14H2,1-5H3. The minimum atomic E-state index is -4.04. The van der Waals surface area contributed by atoms with E-state index >= 15 is 0 Å². The Balaban J connectivity index is 2.08. The van der Waals surface area contributed by atoms with Crippen LogP contribution in [0.3, 0.4) is 0 Å². The zero-order chi connectivity index (χ0) is 24.4. The van der Waals surface area contributed by atoms with Crippen LogP contribution in [0.15, 0.2) is 58.6 Å². The van der Waals surface area contributed by atoms with Gasteiger partial charge in [0.2, 0.25) is 15.7 Å². The Bertz CT molecular complexity index is 1270. The molecular formula is C22H25ClN4O5S. The number of hydrogen-bond acceptors (Lipinski definition) is 7. The molecule has 0 saturated carbocycles. The van der Waals surface area contributed by atoms with Crippen molar-refractivity contribution in [3.63, 3.8) is 0 Å². The molecule has 1 amide bonds. The quantitative estimate of drug-likeness (QED) is 0.509. The molecule has 0 atom stereocenters. The number of para-hydroxylation sites is 1. The number of halogens is 1. The van der Waals surface area contributed by atoms with Crippen LogP contribution in [0.25, 0.3) is 5.69 Å². The van der Waals surface area contributed by atoms with E-state index in [9.17, 15) is 13.2 Å². The maximum Gasteiger partial charge on any atom is 0.410 e. The first-order valence-electron chi connectivity index (χ1n) is 9.95. The number of sulfone groups is 1. The Morgan fingerprint density at radius 1 is 1.18 bits per heavy atom. The van der Waals surface area contributed by atoms with E-state index in [0.717, 1.165) is 0 Å². The number of ether oxygens (including phenoxy) is 2. The van der Waals surface area contributed by atoms with Crippen LogP contribution in [0.1, 0.15) is 26.5 Å². The van der Waals surface area contributed by atoms with Gasteiger partial charge < -0.3 is 14.4 Å². The molecule has 0 radical (unpaired) electrons. The molecular weight excluding hydrogens is 468 g/mol. The Morgan fingerprint density at radius 2 is 1.88 bits per heavy atom. The Hall–Kier alpha value is -3.11. The molecule has 3 aromatic rings. The highest BCUT2D eigenvalue weighted by Crippen LogP contribution is 2.29. The van der Waals surface area contributed by atoms with Gasteiger partial charge in [-0.25, -0.2) is 22.9 Å². The molecule has 9 nitrogen and oxygen atoms in total.